The predicted octanol–water partition coefficient (Wildman–Crippen LogP) is 3.51. The van der Waals surface area contributed by atoms with Gasteiger partial charge in [0.15, 0.2) is 0 Å². The maximum absolute atomic E-state index is 12.2. The number of rotatable bonds is 3. The minimum atomic E-state index is -0.542. The van der Waals surface area contributed by atoms with E-state index < -0.39 is 11.7 Å². The molecule has 1 unspecified atom stereocenters. The highest BCUT2D eigenvalue weighted by atomic mass is 16.6. The molecule has 1 aliphatic rings. The Kier molecular flexibility index (Phi) is 4.88. The molecular weight excluding hydrogens is 266 g/mol. The average Bonchev–Trinajstić information content (AvgIpc) is 2.86. The lowest BCUT2D eigenvalue weighted by Crippen LogP contribution is -2.40. The highest BCUT2D eigenvalue weighted by Crippen LogP contribution is 2.28. The van der Waals surface area contributed by atoms with Crippen LogP contribution in [-0.2, 0) is 4.74 Å². The van der Waals surface area contributed by atoms with Crippen LogP contribution in [0.2, 0.25) is 0 Å². The van der Waals surface area contributed by atoms with Gasteiger partial charge >= 0.3 is 6.09 Å². The molecule has 0 radical (unpaired) electrons. The molecule has 0 aliphatic carbocycles. The third-order valence-corrected chi connectivity index (χ3v) is 3.68. The lowest BCUT2D eigenvalue weighted by molar-refractivity contribution is 0.0178. The first-order valence-corrected chi connectivity index (χ1v) is 7.59. The van der Waals surface area contributed by atoms with Gasteiger partial charge < -0.3 is 14.7 Å². The fraction of sp³-hybridized carbons (Fsp3) is 0.588. The van der Waals surface area contributed by atoms with Gasteiger partial charge in [-0.05, 0) is 45.6 Å². The molecule has 2 rings (SSSR count). The molecule has 4 heteroatoms. The molecule has 1 aromatic rings. The fourth-order valence-electron chi connectivity index (χ4n) is 2.71. The van der Waals surface area contributed by atoms with Crippen LogP contribution in [0.1, 0.15) is 51.7 Å². The number of amides is 1. The minimum absolute atomic E-state index is 0.0510. The van der Waals surface area contributed by atoms with Gasteiger partial charge in [-0.1, -0.05) is 30.3 Å². The van der Waals surface area contributed by atoms with Crippen LogP contribution in [0.15, 0.2) is 30.3 Å². The number of benzene rings is 1. The summed E-state index contributed by atoms with van der Waals surface area (Å²) in [5, 5.41) is 10.3. The molecule has 1 aromatic carbocycles. The van der Waals surface area contributed by atoms with Gasteiger partial charge in [-0.25, -0.2) is 4.79 Å². The summed E-state index contributed by atoms with van der Waals surface area (Å²) in [6.45, 7) is 6.32. The topological polar surface area (TPSA) is 49.8 Å². The normalized spacial score (nSPS) is 20.4. The van der Waals surface area contributed by atoms with Crippen molar-refractivity contribution < 1.29 is 14.6 Å². The largest absolute Gasteiger partial charge is 0.444 e. The molecule has 4 nitrogen and oxygen atoms in total. The van der Waals surface area contributed by atoms with Crippen LogP contribution < -0.4 is 0 Å². The Balaban J connectivity index is 1.97. The van der Waals surface area contributed by atoms with E-state index in [1.807, 2.05) is 51.1 Å². The number of carbonyl (C=O) groups excluding carboxylic acids is 1. The van der Waals surface area contributed by atoms with E-state index in [0.717, 1.165) is 18.4 Å². The molecule has 1 heterocycles. The first-order chi connectivity index (χ1) is 9.87. The van der Waals surface area contributed by atoms with E-state index in [4.69, 9.17) is 4.74 Å². The van der Waals surface area contributed by atoms with E-state index in [2.05, 4.69) is 0 Å². The van der Waals surface area contributed by atoms with Crippen molar-refractivity contribution in [1.82, 2.24) is 4.90 Å². The summed E-state index contributed by atoms with van der Waals surface area (Å²) in [5.41, 5.74) is 0.413. The highest BCUT2D eigenvalue weighted by Gasteiger charge is 2.33. The van der Waals surface area contributed by atoms with Gasteiger partial charge in [0.25, 0.3) is 0 Å². The second-order valence-electron chi connectivity index (χ2n) is 6.63. The number of hydrogen-bond donors (Lipinski definition) is 1. The van der Waals surface area contributed by atoms with Gasteiger partial charge in [0, 0.05) is 12.6 Å². The Labute approximate surface area is 126 Å². The zero-order valence-corrected chi connectivity index (χ0v) is 13.1. The van der Waals surface area contributed by atoms with Crippen molar-refractivity contribution in [3.63, 3.8) is 0 Å². The van der Waals surface area contributed by atoms with E-state index in [-0.39, 0.29) is 12.1 Å². The zero-order chi connectivity index (χ0) is 15.5. The molecule has 0 bridgehead atoms. The van der Waals surface area contributed by atoms with Crippen LogP contribution in [0, 0.1) is 0 Å². The predicted molar refractivity (Wildman–Crippen MR) is 82.0 cm³/mol. The maximum Gasteiger partial charge on any atom is 0.410 e. The summed E-state index contributed by atoms with van der Waals surface area (Å²) < 4.78 is 5.44. The van der Waals surface area contributed by atoms with Crippen molar-refractivity contribution in [2.75, 3.05) is 6.54 Å². The van der Waals surface area contributed by atoms with Crippen LogP contribution in [0.25, 0.3) is 0 Å². The number of hydrogen-bond acceptors (Lipinski definition) is 3. The van der Waals surface area contributed by atoms with Crippen molar-refractivity contribution in [3.05, 3.63) is 35.9 Å². The molecule has 0 saturated carbocycles. The fourth-order valence-corrected chi connectivity index (χ4v) is 2.71. The number of aliphatic hydroxyl groups is 1. The van der Waals surface area contributed by atoms with Gasteiger partial charge in [-0.3, -0.25) is 0 Å². The summed E-state index contributed by atoms with van der Waals surface area (Å²) in [6, 6.07) is 9.64. The SMILES string of the molecule is CC(C)(C)OC(=O)N1CCCC1C[C@@H](O)c1ccccc1. The summed E-state index contributed by atoms with van der Waals surface area (Å²) in [6.07, 6.45) is 1.63. The maximum atomic E-state index is 12.2. The quantitative estimate of drug-likeness (QED) is 0.927. The third-order valence-electron chi connectivity index (χ3n) is 3.68. The second kappa shape index (κ2) is 6.48. The lowest BCUT2D eigenvalue weighted by Gasteiger charge is -2.29. The van der Waals surface area contributed by atoms with Crippen LogP contribution in [0.5, 0.6) is 0 Å². The standard InChI is InChI=1S/C17H25NO3/c1-17(2,3)21-16(20)18-11-7-10-14(18)12-15(19)13-8-5-4-6-9-13/h4-6,8-9,14-15,19H,7,10-12H2,1-3H3/t14?,15-/m1/s1. The van der Waals surface area contributed by atoms with Crippen molar-refractivity contribution in [2.45, 2.75) is 57.8 Å². The van der Waals surface area contributed by atoms with E-state index in [1.165, 1.54) is 0 Å². The molecular formula is C17H25NO3. The molecule has 2 atom stereocenters. The van der Waals surface area contributed by atoms with E-state index in [1.54, 1.807) is 4.90 Å². The van der Waals surface area contributed by atoms with Gasteiger partial charge in [0.05, 0.1) is 6.10 Å². The highest BCUT2D eigenvalue weighted by molar-refractivity contribution is 5.68. The summed E-state index contributed by atoms with van der Waals surface area (Å²) in [4.78, 5) is 14.0. The van der Waals surface area contributed by atoms with Crippen molar-refractivity contribution in [1.29, 1.82) is 0 Å². The Morgan fingerprint density at radius 3 is 2.67 bits per heavy atom. The Morgan fingerprint density at radius 1 is 1.38 bits per heavy atom. The molecule has 21 heavy (non-hydrogen) atoms. The summed E-state index contributed by atoms with van der Waals surface area (Å²) in [7, 11) is 0. The average molecular weight is 291 g/mol. The van der Waals surface area contributed by atoms with Crippen LogP contribution in [0.3, 0.4) is 0 Å². The molecule has 116 valence electrons. The molecule has 0 spiro atoms. The van der Waals surface area contributed by atoms with Crippen LogP contribution in [0.4, 0.5) is 4.79 Å². The van der Waals surface area contributed by atoms with Crippen LogP contribution >= 0.6 is 0 Å². The van der Waals surface area contributed by atoms with Gasteiger partial charge in [-0.2, -0.15) is 0 Å². The molecule has 0 aromatic heterocycles. The van der Waals surface area contributed by atoms with Crippen LogP contribution in [-0.4, -0.2) is 34.3 Å². The third kappa shape index (κ3) is 4.46. The molecule has 1 saturated heterocycles. The zero-order valence-electron chi connectivity index (χ0n) is 13.1. The number of ether oxygens (including phenoxy) is 1. The first-order valence-electron chi connectivity index (χ1n) is 7.59. The van der Waals surface area contributed by atoms with Gasteiger partial charge in [-0.15, -0.1) is 0 Å². The number of likely N-dealkylation sites (tertiary alicyclic amines) is 1. The monoisotopic (exact) mass is 291 g/mol. The van der Waals surface area contributed by atoms with Crippen molar-refractivity contribution >= 4 is 6.09 Å². The Bertz CT molecular complexity index is 467. The molecule has 1 fully saturated rings. The van der Waals surface area contributed by atoms with Gasteiger partial charge in [0.1, 0.15) is 5.60 Å². The van der Waals surface area contributed by atoms with E-state index >= 15 is 0 Å². The molecule has 1 aliphatic heterocycles. The first kappa shape index (κ1) is 15.8. The minimum Gasteiger partial charge on any atom is -0.444 e. The molecule has 1 N–H and O–H groups in total. The van der Waals surface area contributed by atoms with E-state index in [9.17, 15) is 9.90 Å². The summed E-state index contributed by atoms with van der Waals surface area (Å²) >= 11 is 0. The lowest BCUT2D eigenvalue weighted by atomic mass is 10.0. The number of carbonyl (C=O) groups is 1. The van der Waals surface area contributed by atoms with E-state index in [0.29, 0.717) is 13.0 Å². The number of aliphatic hydroxyl groups excluding tert-OH is 1. The smallest absolute Gasteiger partial charge is 0.410 e. The number of nitrogens with zero attached hydrogens (tertiary/aromatic N) is 1. The van der Waals surface area contributed by atoms with Crippen molar-refractivity contribution in [3.8, 4) is 0 Å². The summed E-state index contributed by atoms with van der Waals surface area (Å²) in [5.74, 6) is 0. The second-order valence-corrected chi connectivity index (χ2v) is 6.63. The Hall–Kier alpha value is -1.55. The van der Waals surface area contributed by atoms with Crippen molar-refractivity contribution in [2.24, 2.45) is 0 Å². The Morgan fingerprint density at radius 2 is 2.05 bits per heavy atom. The molecule has 1 amide bonds. The van der Waals surface area contributed by atoms with Gasteiger partial charge in [0.2, 0.25) is 0 Å².